The minimum atomic E-state index is 0.183. The first-order valence-corrected chi connectivity index (χ1v) is 6.44. The van der Waals surface area contributed by atoms with Gasteiger partial charge in [-0.15, -0.1) is 0 Å². The molecular formula is C13H22N2O. The van der Waals surface area contributed by atoms with Gasteiger partial charge in [-0.25, -0.2) is 0 Å². The number of hydrogen-bond donors (Lipinski definition) is 1. The fourth-order valence-electron chi connectivity index (χ4n) is 2.29. The van der Waals surface area contributed by atoms with Crippen LogP contribution in [0, 0.1) is 5.92 Å². The van der Waals surface area contributed by atoms with Gasteiger partial charge in [0.05, 0.1) is 0 Å². The molecule has 3 nitrogen and oxygen atoms in total. The molecule has 2 rings (SSSR count). The molecule has 1 N–H and O–H groups in total. The Hall–Kier alpha value is -0.830. The van der Waals surface area contributed by atoms with Gasteiger partial charge in [0.1, 0.15) is 0 Å². The van der Waals surface area contributed by atoms with Crippen LogP contribution in [0.25, 0.3) is 0 Å². The van der Waals surface area contributed by atoms with Gasteiger partial charge in [-0.3, -0.25) is 4.79 Å². The largest absolute Gasteiger partial charge is 0.337 e. The lowest BCUT2D eigenvalue weighted by atomic mass is 10.2. The predicted molar refractivity (Wildman–Crippen MR) is 65.1 cm³/mol. The Morgan fingerprint density at radius 2 is 2.19 bits per heavy atom. The van der Waals surface area contributed by atoms with Gasteiger partial charge in [0.25, 0.3) is 0 Å². The maximum atomic E-state index is 11.9. The molecule has 0 aromatic carbocycles. The van der Waals surface area contributed by atoms with Crippen molar-refractivity contribution >= 4 is 5.91 Å². The molecule has 1 aliphatic heterocycles. The van der Waals surface area contributed by atoms with Crippen molar-refractivity contribution in [2.24, 2.45) is 5.92 Å². The number of nitrogens with zero attached hydrogens (tertiary/aromatic N) is 1. The highest BCUT2D eigenvalue weighted by atomic mass is 16.2. The van der Waals surface area contributed by atoms with Crippen molar-refractivity contribution in [3.8, 4) is 0 Å². The van der Waals surface area contributed by atoms with Crippen LogP contribution in [0.3, 0.4) is 0 Å². The van der Waals surface area contributed by atoms with E-state index in [-0.39, 0.29) is 5.91 Å². The van der Waals surface area contributed by atoms with Gasteiger partial charge in [0.15, 0.2) is 0 Å². The summed E-state index contributed by atoms with van der Waals surface area (Å²) in [6, 6.07) is 0.521. The van der Waals surface area contributed by atoms with Gasteiger partial charge >= 0.3 is 0 Å². The molecule has 1 atom stereocenters. The second-order valence-corrected chi connectivity index (χ2v) is 4.98. The zero-order valence-corrected chi connectivity index (χ0v) is 10.1. The van der Waals surface area contributed by atoms with E-state index < -0.39 is 0 Å². The smallest absolute Gasteiger partial charge is 0.246 e. The number of allylic oxidation sites excluding steroid dienone is 1. The van der Waals surface area contributed by atoms with Crippen LogP contribution in [0.4, 0.5) is 0 Å². The lowest BCUT2D eigenvalue weighted by molar-refractivity contribution is -0.126. The summed E-state index contributed by atoms with van der Waals surface area (Å²) in [6.07, 6.45) is 8.60. The van der Waals surface area contributed by atoms with Crippen LogP contribution < -0.4 is 5.32 Å². The molecule has 16 heavy (non-hydrogen) atoms. The molecule has 90 valence electrons. The molecule has 1 unspecified atom stereocenters. The van der Waals surface area contributed by atoms with Crippen LogP contribution in [0.5, 0.6) is 0 Å². The van der Waals surface area contributed by atoms with E-state index in [2.05, 4.69) is 5.32 Å². The highest BCUT2D eigenvalue weighted by Crippen LogP contribution is 2.30. The van der Waals surface area contributed by atoms with Crippen molar-refractivity contribution in [1.82, 2.24) is 10.2 Å². The van der Waals surface area contributed by atoms with E-state index in [1.165, 1.54) is 25.7 Å². The summed E-state index contributed by atoms with van der Waals surface area (Å²) in [7, 11) is 0. The van der Waals surface area contributed by atoms with E-state index in [9.17, 15) is 4.79 Å². The van der Waals surface area contributed by atoms with Gasteiger partial charge in [-0.05, 0) is 51.1 Å². The number of rotatable bonds is 5. The fourth-order valence-corrected chi connectivity index (χ4v) is 2.29. The summed E-state index contributed by atoms with van der Waals surface area (Å²) in [4.78, 5) is 13.9. The third kappa shape index (κ3) is 3.34. The van der Waals surface area contributed by atoms with E-state index in [0.29, 0.717) is 6.04 Å². The van der Waals surface area contributed by atoms with Crippen LogP contribution >= 0.6 is 0 Å². The predicted octanol–water partition coefficient (Wildman–Crippen LogP) is 1.55. The van der Waals surface area contributed by atoms with Crippen LogP contribution in [0.1, 0.15) is 32.6 Å². The van der Waals surface area contributed by atoms with Crippen molar-refractivity contribution < 1.29 is 4.79 Å². The van der Waals surface area contributed by atoms with Gasteiger partial charge in [-0.2, -0.15) is 0 Å². The zero-order valence-electron chi connectivity index (χ0n) is 10.1. The zero-order chi connectivity index (χ0) is 11.4. The molecule has 0 spiro atoms. The Labute approximate surface area is 97.9 Å². The molecule has 1 saturated carbocycles. The third-order valence-corrected chi connectivity index (χ3v) is 3.40. The molecule has 0 aromatic heterocycles. The molecule has 1 heterocycles. The van der Waals surface area contributed by atoms with E-state index in [0.717, 1.165) is 25.6 Å². The molecule has 2 fully saturated rings. The average molecular weight is 222 g/mol. The summed E-state index contributed by atoms with van der Waals surface area (Å²) in [5.74, 6) is 0.957. The lowest BCUT2D eigenvalue weighted by Gasteiger charge is -2.24. The quantitative estimate of drug-likeness (QED) is 0.716. The summed E-state index contributed by atoms with van der Waals surface area (Å²) < 4.78 is 0. The topological polar surface area (TPSA) is 32.3 Å². The van der Waals surface area contributed by atoms with Gasteiger partial charge in [0.2, 0.25) is 5.91 Å². The van der Waals surface area contributed by atoms with Crippen molar-refractivity contribution in [2.75, 3.05) is 19.6 Å². The Morgan fingerprint density at radius 3 is 2.75 bits per heavy atom. The standard InChI is InChI=1S/C13H22N2O/c1-2-4-13(16)15(9-11-6-7-11)10-12-5-3-8-14-12/h2,4,11-12,14H,3,5-10H2,1H3/b4-2+. The van der Waals surface area contributed by atoms with Crippen molar-refractivity contribution in [3.05, 3.63) is 12.2 Å². The number of carbonyl (C=O) groups excluding carboxylic acids is 1. The Bertz CT molecular complexity index is 265. The molecule has 1 amide bonds. The lowest BCUT2D eigenvalue weighted by Crippen LogP contribution is -2.41. The van der Waals surface area contributed by atoms with E-state index in [1.54, 1.807) is 6.08 Å². The maximum Gasteiger partial charge on any atom is 0.246 e. The molecule has 1 saturated heterocycles. The van der Waals surface area contributed by atoms with Crippen LogP contribution in [0.15, 0.2) is 12.2 Å². The molecule has 1 aliphatic carbocycles. The number of nitrogens with one attached hydrogen (secondary N) is 1. The maximum absolute atomic E-state index is 11.9. The monoisotopic (exact) mass is 222 g/mol. The molecule has 0 bridgehead atoms. The third-order valence-electron chi connectivity index (χ3n) is 3.40. The number of amides is 1. The SMILES string of the molecule is C/C=C/C(=O)N(CC1CC1)CC1CCCN1. The fraction of sp³-hybridized carbons (Fsp3) is 0.769. The first-order chi connectivity index (χ1) is 7.79. The molecule has 3 heteroatoms. The molecular weight excluding hydrogens is 200 g/mol. The van der Waals surface area contributed by atoms with E-state index >= 15 is 0 Å². The molecule has 0 aromatic rings. The Kier molecular flexibility index (Phi) is 3.99. The summed E-state index contributed by atoms with van der Waals surface area (Å²) in [5, 5.41) is 3.46. The highest BCUT2D eigenvalue weighted by molar-refractivity contribution is 5.87. The minimum Gasteiger partial charge on any atom is -0.337 e. The van der Waals surface area contributed by atoms with Crippen molar-refractivity contribution in [3.63, 3.8) is 0 Å². The van der Waals surface area contributed by atoms with Crippen LogP contribution in [0.2, 0.25) is 0 Å². The van der Waals surface area contributed by atoms with Gasteiger partial charge in [-0.1, -0.05) is 6.08 Å². The van der Waals surface area contributed by atoms with E-state index in [4.69, 9.17) is 0 Å². The second kappa shape index (κ2) is 5.48. The normalized spacial score (nSPS) is 25.2. The number of hydrogen-bond acceptors (Lipinski definition) is 2. The molecule has 0 radical (unpaired) electrons. The van der Waals surface area contributed by atoms with Gasteiger partial charge < -0.3 is 10.2 Å². The summed E-state index contributed by atoms with van der Waals surface area (Å²) in [6.45, 7) is 4.86. The van der Waals surface area contributed by atoms with Crippen molar-refractivity contribution in [2.45, 2.75) is 38.6 Å². The second-order valence-electron chi connectivity index (χ2n) is 4.98. The summed E-state index contributed by atoms with van der Waals surface area (Å²) >= 11 is 0. The van der Waals surface area contributed by atoms with Crippen LogP contribution in [-0.4, -0.2) is 36.5 Å². The van der Waals surface area contributed by atoms with E-state index in [1.807, 2.05) is 17.9 Å². The minimum absolute atomic E-state index is 0.183. The van der Waals surface area contributed by atoms with Gasteiger partial charge in [0, 0.05) is 19.1 Å². The Morgan fingerprint density at radius 1 is 1.38 bits per heavy atom. The van der Waals surface area contributed by atoms with Crippen molar-refractivity contribution in [1.29, 1.82) is 0 Å². The first kappa shape index (κ1) is 11.6. The highest BCUT2D eigenvalue weighted by Gasteiger charge is 2.28. The Balaban J connectivity index is 1.86. The first-order valence-electron chi connectivity index (χ1n) is 6.44. The number of carbonyl (C=O) groups is 1. The average Bonchev–Trinajstić information content (AvgIpc) is 2.92. The van der Waals surface area contributed by atoms with Crippen LogP contribution in [-0.2, 0) is 4.79 Å². The summed E-state index contributed by atoms with van der Waals surface area (Å²) in [5.41, 5.74) is 0. The molecule has 2 aliphatic rings.